The van der Waals surface area contributed by atoms with Crippen LogP contribution in [-0.2, 0) is 4.84 Å². The van der Waals surface area contributed by atoms with E-state index in [0.717, 1.165) is 42.0 Å². The molecule has 1 rings (SSSR count). The van der Waals surface area contributed by atoms with Crippen molar-refractivity contribution in [3.8, 4) is 5.75 Å². The lowest BCUT2D eigenvalue weighted by molar-refractivity contribution is 0.213. The third kappa shape index (κ3) is 5.99. The summed E-state index contributed by atoms with van der Waals surface area (Å²) in [6.45, 7) is 7.95. The van der Waals surface area contributed by atoms with Crippen molar-refractivity contribution in [1.82, 2.24) is 5.43 Å². The van der Waals surface area contributed by atoms with Crippen molar-refractivity contribution in [2.45, 2.75) is 33.1 Å². The first kappa shape index (κ1) is 17.8. The predicted molar refractivity (Wildman–Crippen MR) is 91.3 cm³/mol. The average Bonchev–Trinajstić information content (AvgIpc) is 2.54. The van der Waals surface area contributed by atoms with Gasteiger partial charge in [0, 0.05) is 12.3 Å². The summed E-state index contributed by atoms with van der Waals surface area (Å²) < 4.78 is 5.81. The molecule has 0 aliphatic carbocycles. The maximum Gasteiger partial charge on any atom is 0.130 e. The minimum Gasteiger partial charge on any atom is -0.487 e. The van der Waals surface area contributed by atoms with E-state index in [0.29, 0.717) is 6.61 Å². The maximum absolute atomic E-state index is 5.81. The summed E-state index contributed by atoms with van der Waals surface area (Å²) in [7, 11) is 1.54. The fourth-order valence-electron chi connectivity index (χ4n) is 2.05. The van der Waals surface area contributed by atoms with Gasteiger partial charge in [0.15, 0.2) is 0 Å². The highest BCUT2D eigenvalue weighted by Gasteiger charge is 2.11. The molecule has 0 heterocycles. The molecular weight excluding hydrogens is 278 g/mol. The van der Waals surface area contributed by atoms with E-state index in [9.17, 15) is 0 Å². The van der Waals surface area contributed by atoms with Crippen LogP contribution < -0.4 is 10.2 Å². The summed E-state index contributed by atoms with van der Waals surface area (Å²) in [5, 5.41) is 7.82. The second-order valence-corrected chi connectivity index (χ2v) is 4.79. The Labute approximate surface area is 132 Å². The van der Waals surface area contributed by atoms with E-state index in [4.69, 9.17) is 9.57 Å². The number of nitrogens with zero attached hydrogens (tertiary/aromatic N) is 2. The molecule has 0 fully saturated rings. The molecule has 0 radical (unpaired) electrons. The highest BCUT2D eigenvalue weighted by atomic mass is 16.6. The molecule has 0 unspecified atom stereocenters. The molecule has 0 aliphatic rings. The smallest absolute Gasteiger partial charge is 0.130 e. The van der Waals surface area contributed by atoms with Crippen LogP contribution in [0.2, 0.25) is 0 Å². The van der Waals surface area contributed by atoms with Crippen LogP contribution >= 0.6 is 0 Å². The Morgan fingerprint density at radius 1 is 1.27 bits per heavy atom. The molecule has 0 amide bonds. The van der Waals surface area contributed by atoms with Crippen LogP contribution in [0.3, 0.4) is 0 Å². The minimum absolute atomic E-state index is 0.374. The lowest BCUT2D eigenvalue weighted by Crippen LogP contribution is -2.19. The van der Waals surface area contributed by atoms with Gasteiger partial charge in [-0.15, -0.1) is 0 Å². The highest BCUT2D eigenvalue weighted by molar-refractivity contribution is 5.98. The Kier molecular flexibility index (Phi) is 8.42. The SMILES string of the molecule is C=NN/C(COc1ccccc1)=C(CCCC)/C(C)=N/OC. The molecule has 0 spiro atoms. The van der Waals surface area contributed by atoms with Crippen LogP contribution in [0.1, 0.15) is 33.1 Å². The van der Waals surface area contributed by atoms with Gasteiger partial charge in [-0.2, -0.15) is 5.10 Å². The summed E-state index contributed by atoms with van der Waals surface area (Å²) in [5.74, 6) is 0.807. The molecule has 1 aromatic carbocycles. The molecule has 0 saturated carbocycles. The van der Waals surface area contributed by atoms with E-state index < -0.39 is 0 Å². The molecule has 22 heavy (non-hydrogen) atoms. The number of oxime groups is 1. The van der Waals surface area contributed by atoms with Gasteiger partial charge < -0.3 is 9.57 Å². The number of nitrogens with one attached hydrogen (secondary N) is 1. The number of hydrogen-bond acceptors (Lipinski definition) is 5. The van der Waals surface area contributed by atoms with Crippen molar-refractivity contribution in [3.05, 3.63) is 41.6 Å². The van der Waals surface area contributed by atoms with Crippen LogP contribution in [0.5, 0.6) is 5.75 Å². The number of hydrazone groups is 1. The zero-order valence-corrected chi connectivity index (χ0v) is 13.6. The van der Waals surface area contributed by atoms with Gasteiger partial charge in [-0.3, -0.25) is 5.43 Å². The van der Waals surface area contributed by atoms with Gasteiger partial charge >= 0.3 is 0 Å². The maximum atomic E-state index is 5.81. The largest absolute Gasteiger partial charge is 0.487 e. The lowest BCUT2D eigenvalue weighted by Gasteiger charge is -2.15. The number of ether oxygens (including phenoxy) is 1. The van der Waals surface area contributed by atoms with E-state index in [1.165, 1.54) is 0 Å². The van der Waals surface area contributed by atoms with E-state index in [-0.39, 0.29) is 0 Å². The molecule has 0 atom stereocenters. The Bertz CT molecular complexity index is 510. The first-order chi connectivity index (χ1) is 10.7. The van der Waals surface area contributed by atoms with Crippen molar-refractivity contribution in [2.24, 2.45) is 10.3 Å². The number of hydrogen-bond donors (Lipinski definition) is 1. The van der Waals surface area contributed by atoms with Gasteiger partial charge in [0.1, 0.15) is 19.5 Å². The number of allylic oxidation sites excluding steroid dienone is 1. The van der Waals surface area contributed by atoms with Crippen LogP contribution in [0, 0.1) is 0 Å². The topological polar surface area (TPSA) is 55.2 Å². The van der Waals surface area contributed by atoms with Crippen molar-refractivity contribution >= 4 is 12.4 Å². The van der Waals surface area contributed by atoms with E-state index in [1.54, 1.807) is 7.11 Å². The molecule has 0 aromatic heterocycles. The molecule has 0 aliphatic heterocycles. The normalized spacial score (nSPS) is 12.4. The average molecular weight is 303 g/mol. The number of para-hydroxylation sites is 1. The van der Waals surface area contributed by atoms with Gasteiger partial charge in [0.2, 0.25) is 0 Å². The van der Waals surface area contributed by atoms with Crippen molar-refractivity contribution in [2.75, 3.05) is 13.7 Å². The summed E-state index contributed by atoms with van der Waals surface area (Å²) in [6, 6.07) is 9.66. The second kappa shape index (κ2) is 10.4. The Hall–Kier alpha value is -2.30. The van der Waals surface area contributed by atoms with Gasteiger partial charge in [-0.25, -0.2) is 0 Å². The van der Waals surface area contributed by atoms with Crippen LogP contribution in [0.25, 0.3) is 0 Å². The van der Waals surface area contributed by atoms with Crippen LogP contribution in [0.4, 0.5) is 0 Å². The number of benzene rings is 1. The summed E-state index contributed by atoms with van der Waals surface area (Å²) in [4.78, 5) is 4.89. The quantitative estimate of drug-likeness (QED) is 0.529. The minimum atomic E-state index is 0.374. The van der Waals surface area contributed by atoms with Crippen LogP contribution in [-0.4, -0.2) is 26.1 Å². The molecule has 1 aromatic rings. The zero-order chi connectivity index (χ0) is 16.2. The fraction of sp³-hybridized carbons (Fsp3) is 0.412. The monoisotopic (exact) mass is 303 g/mol. The summed E-state index contributed by atoms with van der Waals surface area (Å²) in [5.41, 5.74) is 5.65. The lowest BCUT2D eigenvalue weighted by atomic mass is 10.0. The van der Waals surface area contributed by atoms with Gasteiger partial charge in [-0.05, 0) is 31.9 Å². The molecule has 0 bridgehead atoms. The van der Waals surface area contributed by atoms with E-state index >= 15 is 0 Å². The molecular formula is C17H25N3O2. The van der Waals surface area contributed by atoms with Crippen molar-refractivity contribution < 1.29 is 9.57 Å². The van der Waals surface area contributed by atoms with E-state index in [2.05, 4.69) is 29.3 Å². The second-order valence-electron chi connectivity index (χ2n) is 4.79. The van der Waals surface area contributed by atoms with Gasteiger partial charge in [0.25, 0.3) is 0 Å². The molecule has 0 saturated heterocycles. The molecule has 5 nitrogen and oxygen atoms in total. The summed E-state index contributed by atoms with van der Waals surface area (Å²) in [6.07, 6.45) is 3.03. The first-order valence-corrected chi connectivity index (χ1v) is 7.42. The van der Waals surface area contributed by atoms with Gasteiger partial charge in [0.05, 0.1) is 11.4 Å². The molecule has 120 valence electrons. The third-order valence-electron chi connectivity index (χ3n) is 3.15. The Morgan fingerprint density at radius 3 is 2.59 bits per heavy atom. The predicted octanol–water partition coefficient (Wildman–Crippen LogP) is 3.74. The molecule has 1 N–H and O–H groups in total. The van der Waals surface area contributed by atoms with Crippen molar-refractivity contribution in [1.29, 1.82) is 0 Å². The first-order valence-electron chi connectivity index (χ1n) is 7.42. The van der Waals surface area contributed by atoms with E-state index in [1.807, 2.05) is 37.3 Å². The Morgan fingerprint density at radius 2 is 2.00 bits per heavy atom. The van der Waals surface area contributed by atoms with Crippen molar-refractivity contribution in [3.63, 3.8) is 0 Å². The summed E-state index contributed by atoms with van der Waals surface area (Å²) >= 11 is 0. The number of unbranched alkanes of at least 4 members (excludes halogenated alkanes) is 1. The van der Waals surface area contributed by atoms with Crippen LogP contribution in [0.15, 0.2) is 51.9 Å². The number of rotatable bonds is 10. The van der Waals surface area contributed by atoms with Gasteiger partial charge in [-0.1, -0.05) is 36.7 Å². The standard InChI is InChI=1S/C17H25N3O2/c1-5-6-12-16(14(2)20-21-4)17(19-18-3)13-22-15-10-8-7-9-11-15/h7-11,19H,3,5-6,12-13H2,1-2,4H3/b17-16+,20-14+. The zero-order valence-electron chi connectivity index (χ0n) is 13.6. The Balaban J connectivity index is 2.96. The molecule has 5 heteroatoms. The fourth-order valence-corrected chi connectivity index (χ4v) is 2.05. The third-order valence-corrected chi connectivity index (χ3v) is 3.15. The highest BCUT2D eigenvalue weighted by Crippen LogP contribution is 2.16.